The molecule has 0 aliphatic heterocycles. The van der Waals surface area contributed by atoms with Crippen molar-refractivity contribution in [2.45, 2.75) is 6.92 Å². The summed E-state index contributed by atoms with van der Waals surface area (Å²) in [4.78, 5) is 0. The summed E-state index contributed by atoms with van der Waals surface area (Å²) in [6.07, 6.45) is 0. The van der Waals surface area contributed by atoms with Gasteiger partial charge in [0.25, 0.3) is 0 Å². The molecule has 0 aliphatic rings. The van der Waals surface area contributed by atoms with Gasteiger partial charge in [0, 0.05) is 14.0 Å². The maximum atomic E-state index is 8.94. The summed E-state index contributed by atoms with van der Waals surface area (Å²) in [5, 5.41) is 8.94. The van der Waals surface area contributed by atoms with Crippen LogP contribution in [-0.2, 0) is 0 Å². The Labute approximate surface area is 94.4 Å². The average Bonchev–Trinajstić information content (AvgIpc) is 2.08. The smallest absolute Gasteiger partial charge is 0.0535 e. The molecule has 0 fully saturated rings. The summed E-state index contributed by atoms with van der Waals surface area (Å²) in [5.74, 6) is 0.986. The number of hydrogen-bond donors (Lipinski definition) is 1. The molecule has 0 atom stereocenters. The van der Waals surface area contributed by atoms with E-state index in [0.29, 0.717) is 0 Å². The van der Waals surface area contributed by atoms with Crippen LogP contribution >= 0.6 is 38.5 Å². The van der Waals surface area contributed by atoms with Crippen LogP contribution in [0.15, 0.2) is 22.7 Å². The number of hydrogen-bond acceptors (Lipinski definition) is 1. The lowest BCUT2D eigenvalue weighted by atomic mass is 10.0. The highest BCUT2D eigenvalue weighted by molar-refractivity contribution is 14.1. The van der Waals surface area contributed by atoms with Crippen LogP contribution in [0.5, 0.6) is 0 Å². The van der Waals surface area contributed by atoms with Crippen LogP contribution in [0.1, 0.15) is 12.5 Å². The van der Waals surface area contributed by atoms with Gasteiger partial charge in [0.2, 0.25) is 0 Å². The maximum absolute atomic E-state index is 8.94. The molecule has 1 aromatic rings. The molecule has 0 spiro atoms. The zero-order chi connectivity index (χ0) is 9.14. The predicted octanol–water partition coefficient (Wildman–Crippen LogP) is 2.99. The number of rotatable bonds is 2. The molecule has 1 rings (SSSR count). The molecular weight excluding hydrogens is 331 g/mol. The molecule has 65 valence electrons. The van der Waals surface area contributed by atoms with Crippen molar-refractivity contribution in [2.75, 3.05) is 6.61 Å². The molecule has 0 unspecified atom stereocenters. The first-order valence-corrected chi connectivity index (χ1v) is 5.41. The summed E-state index contributed by atoms with van der Waals surface area (Å²) in [5.41, 5.74) is 1.09. The van der Waals surface area contributed by atoms with Gasteiger partial charge in [-0.2, -0.15) is 0 Å². The molecule has 0 saturated carbocycles. The van der Waals surface area contributed by atoms with Crippen molar-refractivity contribution in [3.05, 3.63) is 37.7 Å². The van der Waals surface area contributed by atoms with Crippen molar-refractivity contribution in [3.63, 3.8) is 0 Å². The van der Waals surface area contributed by atoms with Crippen molar-refractivity contribution >= 4 is 38.5 Å². The van der Waals surface area contributed by atoms with E-state index >= 15 is 0 Å². The maximum Gasteiger partial charge on any atom is 0.0535 e. The lowest BCUT2D eigenvalue weighted by molar-refractivity contribution is 0.314. The topological polar surface area (TPSA) is 20.2 Å². The molecule has 0 heterocycles. The van der Waals surface area contributed by atoms with E-state index in [1.807, 2.05) is 25.1 Å². The number of halogens is 2. The monoisotopic (exact) mass is 339 g/mol. The fourth-order valence-corrected chi connectivity index (χ4v) is 2.02. The molecule has 1 N–H and O–H groups in total. The Bertz CT molecular complexity index is 275. The Hall–Kier alpha value is 0.390. The van der Waals surface area contributed by atoms with Gasteiger partial charge in [-0.1, -0.05) is 19.1 Å². The average molecular weight is 340 g/mol. The van der Waals surface area contributed by atoms with Crippen LogP contribution in [0.4, 0.5) is 0 Å². The third-order valence-corrected chi connectivity index (χ3v) is 4.14. The van der Waals surface area contributed by atoms with Gasteiger partial charge < -0.3 is 5.11 Å². The molecule has 0 saturated heterocycles. The van der Waals surface area contributed by atoms with Gasteiger partial charge in [0.15, 0.2) is 0 Å². The lowest BCUT2D eigenvalue weighted by Gasteiger charge is -2.10. The minimum Gasteiger partial charge on any atom is -0.395 e. The van der Waals surface area contributed by atoms with Crippen molar-refractivity contribution in [2.24, 2.45) is 0 Å². The number of aliphatic hydroxyl groups excluding tert-OH is 1. The molecule has 0 aromatic heterocycles. The van der Waals surface area contributed by atoms with Gasteiger partial charge in [-0.3, -0.25) is 0 Å². The highest BCUT2D eigenvalue weighted by atomic mass is 127. The van der Waals surface area contributed by atoms with Crippen LogP contribution in [0.2, 0.25) is 0 Å². The fraction of sp³-hybridized carbons (Fsp3) is 0.222. The third kappa shape index (κ3) is 2.20. The van der Waals surface area contributed by atoms with Crippen molar-refractivity contribution in [1.29, 1.82) is 0 Å². The SMILES string of the molecule is C[C](CO)c1cccc(I)c1Br. The van der Waals surface area contributed by atoms with Crippen LogP contribution < -0.4 is 0 Å². The molecule has 1 radical (unpaired) electrons. The van der Waals surface area contributed by atoms with E-state index in [9.17, 15) is 0 Å². The summed E-state index contributed by atoms with van der Waals surface area (Å²) in [7, 11) is 0. The van der Waals surface area contributed by atoms with E-state index in [2.05, 4.69) is 38.5 Å². The van der Waals surface area contributed by atoms with Crippen molar-refractivity contribution in [3.8, 4) is 0 Å². The molecule has 3 heteroatoms. The Kier molecular flexibility index (Phi) is 3.99. The van der Waals surface area contributed by atoms with Gasteiger partial charge in [-0.25, -0.2) is 0 Å². The van der Waals surface area contributed by atoms with E-state index in [0.717, 1.165) is 19.5 Å². The molecule has 12 heavy (non-hydrogen) atoms. The quantitative estimate of drug-likeness (QED) is 0.821. The van der Waals surface area contributed by atoms with Crippen LogP contribution in [-0.4, -0.2) is 11.7 Å². The van der Waals surface area contributed by atoms with Gasteiger partial charge >= 0.3 is 0 Å². The lowest BCUT2D eigenvalue weighted by Crippen LogP contribution is -2.01. The number of benzene rings is 1. The molecule has 0 aliphatic carbocycles. The molecule has 1 aromatic carbocycles. The second-order valence-corrected chi connectivity index (χ2v) is 4.50. The normalized spacial score (nSPS) is 10.8. The van der Waals surface area contributed by atoms with Gasteiger partial charge in [-0.15, -0.1) is 0 Å². The van der Waals surface area contributed by atoms with E-state index in [1.165, 1.54) is 0 Å². The Morgan fingerprint density at radius 3 is 2.83 bits per heavy atom. The van der Waals surface area contributed by atoms with Gasteiger partial charge in [0.05, 0.1) is 6.61 Å². The van der Waals surface area contributed by atoms with Crippen molar-refractivity contribution < 1.29 is 5.11 Å². The van der Waals surface area contributed by atoms with E-state index in [1.54, 1.807) is 0 Å². The summed E-state index contributed by atoms with van der Waals surface area (Å²) < 4.78 is 2.23. The Morgan fingerprint density at radius 2 is 2.25 bits per heavy atom. The Morgan fingerprint density at radius 1 is 1.58 bits per heavy atom. The van der Waals surface area contributed by atoms with Crippen LogP contribution in [0.25, 0.3) is 0 Å². The zero-order valence-corrected chi connectivity index (χ0v) is 10.4. The molecular formula is C9H9BrIO. The fourth-order valence-electron chi connectivity index (χ4n) is 0.919. The first kappa shape index (κ1) is 10.5. The number of aliphatic hydroxyl groups is 1. The summed E-state index contributed by atoms with van der Waals surface area (Å²) >= 11 is 5.74. The molecule has 1 nitrogen and oxygen atoms in total. The predicted molar refractivity (Wildman–Crippen MR) is 62.0 cm³/mol. The highest BCUT2D eigenvalue weighted by Gasteiger charge is 2.09. The summed E-state index contributed by atoms with van der Waals surface area (Å²) in [6, 6.07) is 6.01. The van der Waals surface area contributed by atoms with Gasteiger partial charge in [-0.05, 0) is 50.2 Å². The first-order chi connectivity index (χ1) is 5.66. The zero-order valence-electron chi connectivity index (χ0n) is 6.64. The van der Waals surface area contributed by atoms with Crippen LogP contribution in [0.3, 0.4) is 0 Å². The second-order valence-electron chi connectivity index (χ2n) is 2.54. The Balaban J connectivity index is 3.07. The van der Waals surface area contributed by atoms with E-state index in [4.69, 9.17) is 5.11 Å². The standard InChI is InChI=1S/C9H9BrIO/c1-6(5-12)7-3-2-4-8(11)9(7)10/h2-4,12H,5H2,1H3. The minimum atomic E-state index is 0.110. The highest BCUT2D eigenvalue weighted by Crippen LogP contribution is 2.28. The van der Waals surface area contributed by atoms with Crippen LogP contribution in [0, 0.1) is 9.49 Å². The second kappa shape index (κ2) is 4.58. The molecule has 0 amide bonds. The minimum absolute atomic E-state index is 0.110. The third-order valence-electron chi connectivity index (χ3n) is 1.65. The summed E-state index contributed by atoms with van der Waals surface area (Å²) in [6.45, 7) is 2.04. The van der Waals surface area contributed by atoms with E-state index in [-0.39, 0.29) is 6.61 Å². The van der Waals surface area contributed by atoms with E-state index < -0.39 is 0 Å². The molecule has 0 bridgehead atoms. The van der Waals surface area contributed by atoms with Gasteiger partial charge in [0.1, 0.15) is 0 Å². The largest absolute Gasteiger partial charge is 0.395 e. The first-order valence-electron chi connectivity index (χ1n) is 3.54. The van der Waals surface area contributed by atoms with Crippen molar-refractivity contribution in [1.82, 2.24) is 0 Å².